The van der Waals surface area contributed by atoms with Crippen LogP contribution >= 0.6 is 0 Å². The molecule has 130 valence electrons. The standard InChI is InChI=1S/C18H27N5O/c1-12(2)10-22-8-7-17(21-22)19-18(24)9-16-13(3)20-23(14(16)4)11-15-5-6-15/h7-8,12,15H,5-6,9-11H2,1-4H3,(H,19,21,24). The van der Waals surface area contributed by atoms with Crippen molar-refractivity contribution in [3.8, 4) is 0 Å². The third-order valence-corrected chi connectivity index (χ3v) is 4.46. The molecule has 1 saturated carbocycles. The highest BCUT2D eigenvalue weighted by atomic mass is 16.1. The molecule has 3 rings (SSSR count). The van der Waals surface area contributed by atoms with Gasteiger partial charge in [0, 0.05) is 36.6 Å². The average Bonchev–Trinajstić information content (AvgIpc) is 3.16. The smallest absolute Gasteiger partial charge is 0.230 e. The molecule has 0 radical (unpaired) electrons. The minimum atomic E-state index is -0.0398. The molecule has 0 bridgehead atoms. The van der Waals surface area contributed by atoms with Crippen molar-refractivity contribution in [2.24, 2.45) is 11.8 Å². The number of carbonyl (C=O) groups is 1. The molecule has 0 atom stereocenters. The summed E-state index contributed by atoms with van der Waals surface area (Å²) in [5.74, 6) is 1.87. The van der Waals surface area contributed by atoms with E-state index >= 15 is 0 Å². The lowest BCUT2D eigenvalue weighted by molar-refractivity contribution is -0.115. The summed E-state index contributed by atoms with van der Waals surface area (Å²) < 4.78 is 3.93. The Morgan fingerprint density at radius 3 is 2.75 bits per heavy atom. The van der Waals surface area contributed by atoms with Crippen LogP contribution in [0, 0.1) is 25.7 Å². The van der Waals surface area contributed by atoms with E-state index in [9.17, 15) is 4.79 Å². The number of hydrogen-bond donors (Lipinski definition) is 1. The van der Waals surface area contributed by atoms with Crippen LogP contribution < -0.4 is 5.32 Å². The molecule has 2 aromatic rings. The highest BCUT2D eigenvalue weighted by Crippen LogP contribution is 2.31. The van der Waals surface area contributed by atoms with Gasteiger partial charge < -0.3 is 5.32 Å². The zero-order valence-electron chi connectivity index (χ0n) is 15.0. The summed E-state index contributed by atoms with van der Waals surface area (Å²) >= 11 is 0. The van der Waals surface area contributed by atoms with Gasteiger partial charge in [0.05, 0.1) is 12.1 Å². The predicted molar refractivity (Wildman–Crippen MR) is 93.8 cm³/mol. The summed E-state index contributed by atoms with van der Waals surface area (Å²) in [5, 5.41) is 11.9. The predicted octanol–water partition coefficient (Wildman–Crippen LogP) is 2.94. The largest absolute Gasteiger partial charge is 0.309 e. The van der Waals surface area contributed by atoms with Crippen LogP contribution in [0.3, 0.4) is 0 Å². The highest BCUT2D eigenvalue weighted by molar-refractivity contribution is 5.91. The Labute approximate surface area is 143 Å². The molecule has 1 fully saturated rings. The Morgan fingerprint density at radius 2 is 2.08 bits per heavy atom. The van der Waals surface area contributed by atoms with Gasteiger partial charge in [-0.15, -0.1) is 0 Å². The molecule has 24 heavy (non-hydrogen) atoms. The highest BCUT2D eigenvalue weighted by Gasteiger charge is 2.24. The summed E-state index contributed by atoms with van der Waals surface area (Å²) in [6.45, 7) is 10.2. The summed E-state index contributed by atoms with van der Waals surface area (Å²) in [6, 6.07) is 1.84. The Morgan fingerprint density at radius 1 is 1.33 bits per heavy atom. The Hall–Kier alpha value is -2.11. The molecule has 1 aliphatic carbocycles. The topological polar surface area (TPSA) is 64.7 Å². The molecule has 1 amide bonds. The lowest BCUT2D eigenvalue weighted by atomic mass is 10.1. The number of aryl methyl sites for hydroxylation is 1. The van der Waals surface area contributed by atoms with Gasteiger partial charge in [0.1, 0.15) is 0 Å². The van der Waals surface area contributed by atoms with Crippen LogP contribution in [0.4, 0.5) is 5.82 Å². The average molecular weight is 329 g/mol. The number of hydrogen-bond acceptors (Lipinski definition) is 3. The first-order valence-electron chi connectivity index (χ1n) is 8.78. The molecule has 1 N–H and O–H groups in total. The Kier molecular flexibility index (Phi) is 4.73. The molecule has 6 nitrogen and oxygen atoms in total. The molecule has 0 aliphatic heterocycles. The van der Waals surface area contributed by atoms with Gasteiger partial charge in [0.25, 0.3) is 0 Å². The van der Waals surface area contributed by atoms with Gasteiger partial charge in [-0.1, -0.05) is 13.8 Å². The zero-order valence-corrected chi connectivity index (χ0v) is 15.0. The van der Waals surface area contributed by atoms with E-state index in [0.29, 0.717) is 18.2 Å². The van der Waals surface area contributed by atoms with E-state index in [0.717, 1.165) is 36.0 Å². The zero-order chi connectivity index (χ0) is 17.3. The van der Waals surface area contributed by atoms with Crippen molar-refractivity contribution in [2.45, 2.75) is 60.0 Å². The van der Waals surface area contributed by atoms with Crippen LogP contribution in [0.1, 0.15) is 43.6 Å². The van der Waals surface area contributed by atoms with Crippen molar-refractivity contribution in [1.29, 1.82) is 0 Å². The fourth-order valence-corrected chi connectivity index (χ4v) is 2.96. The Bertz CT molecular complexity index is 724. The maximum Gasteiger partial charge on any atom is 0.230 e. The van der Waals surface area contributed by atoms with Crippen LogP contribution in [0.15, 0.2) is 12.3 Å². The van der Waals surface area contributed by atoms with Crippen molar-refractivity contribution >= 4 is 11.7 Å². The number of nitrogens with zero attached hydrogens (tertiary/aromatic N) is 4. The van der Waals surface area contributed by atoms with E-state index in [1.807, 2.05) is 23.9 Å². The maximum absolute atomic E-state index is 12.4. The summed E-state index contributed by atoms with van der Waals surface area (Å²) in [5.41, 5.74) is 3.10. The van der Waals surface area contributed by atoms with Gasteiger partial charge in [-0.3, -0.25) is 14.2 Å². The van der Waals surface area contributed by atoms with E-state index in [2.05, 4.69) is 41.0 Å². The van der Waals surface area contributed by atoms with Crippen LogP contribution in [0.5, 0.6) is 0 Å². The monoisotopic (exact) mass is 329 g/mol. The molecule has 6 heteroatoms. The molecule has 1 aliphatic rings. The molecule has 0 saturated heterocycles. The third kappa shape index (κ3) is 4.04. The first kappa shape index (κ1) is 16.7. The molecular formula is C18H27N5O. The number of rotatable bonds is 7. The van der Waals surface area contributed by atoms with E-state index in [-0.39, 0.29) is 5.91 Å². The van der Waals surface area contributed by atoms with Crippen molar-refractivity contribution in [2.75, 3.05) is 5.32 Å². The van der Waals surface area contributed by atoms with Gasteiger partial charge in [-0.05, 0) is 38.5 Å². The molecule has 0 aromatic carbocycles. The van der Waals surface area contributed by atoms with Gasteiger partial charge >= 0.3 is 0 Å². The summed E-state index contributed by atoms with van der Waals surface area (Å²) in [4.78, 5) is 12.4. The lowest BCUT2D eigenvalue weighted by Crippen LogP contribution is -2.16. The summed E-state index contributed by atoms with van der Waals surface area (Å²) in [6.07, 6.45) is 4.85. The third-order valence-electron chi connectivity index (χ3n) is 4.46. The van der Waals surface area contributed by atoms with Gasteiger partial charge in [0.2, 0.25) is 5.91 Å². The summed E-state index contributed by atoms with van der Waals surface area (Å²) in [7, 11) is 0. The first-order chi connectivity index (χ1) is 11.4. The Balaban J connectivity index is 1.62. The minimum absolute atomic E-state index is 0.0398. The van der Waals surface area contributed by atoms with Crippen LogP contribution in [0.2, 0.25) is 0 Å². The SMILES string of the molecule is Cc1nn(CC2CC2)c(C)c1CC(=O)Nc1ccn(CC(C)C)n1. The van der Waals surface area contributed by atoms with Gasteiger partial charge in [0.15, 0.2) is 5.82 Å². The van der Waals surface area contributed by atoms with Crippen molar-refractivity contribution < 1.29 is 4.79 Å². The molecular weight excluding hydrogens is 302 g/mol. The molecule has 2 heterocycles. The van der Waals surface area contributed by atoms with Crippen LogP contribution in [-0.2, 0) is 24.3 Å². The second-order valence-corrected chi connectivity index (χ2v) is 7.32. The number of nitrogens with one attached hydrogen (secondary N) is 1. The second kappa shape index (κ2) is 6.79. The second-order valence-electron chi connectivity index (χ2n) is 7.32. The first-order valence-corrected chi connectivity index (χ1v) is 8.78. The quantitative estimate of drug-likeness (QED) is 0.849. The van der Waals surface area contributed by atoms with Crippen molar-refractivity contribution in [3.05, 3.63) is 29.2 Å². The van der Waals surface area contributed by atoms with Crippen LogP contribution in [0.25, 0.3) is 0 Å². The van der Waals surface area contributed by atoms with E-state index in [1.54, 1.807) is 0 Å². The molecule has 0 spiro atoms. The number of anilines is 1. The lowest BCUT2D eigenvalue weighted by Gasteiger charge is -2.06. The van der Waals surface area contributed by atoms with E-state index in [4.69, 9.17) is 0 Å². The van der Waals surface area contributed by atoms with Crippen molar-refractivity contribution in [3.63, 3.8) is 0 Å². The fourth-order valence-electron chi connectivity index (χ4n) is 2.96. The minimum Gasteiger partial charge on any atom is -0.309 e. The van der Waals surface area contributed by atoms with Crippen LogP contribution in [-0.4, -0.2) is 25.5 Å². The fraction of sp³-hybridized carbons (Fsp3) is 0.611. The number of aromatic nitrogens is 4. The van der Waals surface area contributed by atoms with Gasteiger partial charge in [-0.25, -0.2) is 0 Å². The normalized spacial score (nSPS) is 14.4. The molecule has 0 unspecified atom stereocenters. The van der Waals surface area contributed by atoms with Crippen molar-refractivity contribution in [1.82, 2.24) is 19.6 Å². The van der Waals surface area contributed by atoms with E-state index < -0.39 is 0 Å². The molecule has 2 aromatic heterocycles. The van der Waals surface area contributed by atoms with Gasteiger partial charge in [-0.2, -0.15) is 10.2 Å². The number of amides is 1. The number of carbonyl (C=O) groups excluding carboxylic acids is 1. The maximum atomic E-state index is 12.4. The van der Waals surface area contributed by atoms with E-state index in [1.165, 1.54) is 12.8 Å².